The summed E-state index contributed by atoms with van der Waals surface area (Å²) in [6, 6.07) is 1.10. The van der Waals surface area contributed by atoms with E-state index in [1.54, 1.807) is 13.8 Å². The number of carboxylic acid groups (broad SMARTS) is 1. The molecule has 1 atom stereocenters. The lowest BCUT2D eigenvalue weighted by molar-refractivity contribution is -0.140. The number of aliphatic carboxylic acids is 1. The first-order valence-corrected chi connectivity index (χ1v) is 7.75. The van der Waals surface area contributed by atoms with Gasteiger partial charge in [-0.05, 0) is 37.1 Å². The van der Waals surface area contributed by atoms with Crippen LogP contribution < -0.4 is 15.2 Å². The molecule has 0 aliphatic heterocycles. The van der Waals surface area contributed by atoms with E-state index in [0.717, 1.165) is 0 Å². The summed E-state index contributed by atoms with van der Waals surface area (Å²) in [6.07, 6.45) is -0.636. The maximum atomic E-state index is 12.3. The Labute approximate surface area is 128 Å². The van der Waals surface area contributed by atoms with Crippen LogP contribution in [0.1, 0.15) is 17.5 Å². The number of ether oxygens (including phenoxy) is 1. The number of methoxy groups -OCH3 is 1. The van der Waals surface area contributed by atoms with Crippen molar-refractivity contribution in [3.8, 4) is 5.75 Å². The molecule has 22 heavy (non-hydrogen) atoms. The Balaban J connectivity index is 3.18. The highest BCUT2D eigenvalue weighted by Crippen LogP contribution is 2.26. The second-order valence-electron chi connectivity index (χ2n) is 4.77. The lowest BCUT2D eigenvalue weighted by Crippen LogP contribution is -2.43. The maximum absolute atomic E-state index is 12.3. The number of primary amides is 1. The first kappa shape index (κ1) is 17.9. The topological polar surface area (TPSA) is 136 Å². The van der Waals surface area contributed by atoms with Gasteiger partial charge in [0.15, 0.2) is 0 Å². The zero-order valence-electron chi connectivity index (χ0n) is 12.4. The van der Waals surface area contributed by atoms with Crippen LogP contribution in [0.5, 0.6) is 5.75 Å². The molecule has 0 heterocycles. The zero-order chi connectivity index (χ0) is 17.1. The standard InChI is InChI=1S/C13H18N2O6S/c1-7-4-9(5-8(2)12(7)21-3)22(19,20)15-10(13(17)18)6-11(14)16/h4-5,10,15H,6H2,1-3H3,(H2,14,16)(H,17,18)/t10-/m0/s1. The number of rotatable bonds is 7. The lowest BCUT2D eigenvalue weighted by atomic mass is 10.1. The summed E-state index contributed by atoms with van der Waals surface area (Å²) < 4.78 is 31.6. The van der Waals surface area contributed by atoms with Gasteiger partial charge in [0.25, 0.3) is 0 Å². The lowest BCUT2D eigenvalue weighted by Gasteiger charge is -2.15. The Bertz CT molecular complexity index is 675. The predicted molar refractivity (Wildman–Crippen MR) is 78.0 cm³/mol. The number of benzene rings is 1. The van der Waals surface area contributed by atoms with E-state index in [1.807, 2.05) is 4.72 Å². The molecule has 1 amide bonds. The number of hydrogen-bond acceptors (Lipinski definition) is 5. The highest BCUT2D eigenvalue weighted by molar-refractivity contribution is 7.89. The zero-order valence-corrected chi connectivity index (χ0v) is 13.2. The van der Waals surface area contributed by atoms with Crippen molar-refractivity contribution in [1.29, 1.82) is 0 Å². The average molecular weight is 330 g/mol. The van der Waals surface area contributed by atoms with Gasteiger partial charge in [-0.2, -0.15) is 4.72 Å². The molecule has 0 bridgehead atoms. The number of nitrogens with two attached hydrogens (primary N) is 1. The van der Waals surface area contributed by atoms with Gasteiger partial charge in [0.05, 0.1) is 18.4 Å². The molecule has 1 aromatic rings. The van der Waals surface area contributed by atoms with Crippen molar-refractivity contribution in [2.45, 2.75) is 31.2 Å². The van der Waals surface area contributed by atoms with E-state index in [0.29, 0.717) is 16.9 Å². The molecular formula is C13H18N2O6S. The summed E-state index contributed by atoms with van der Waals surface area (Å²) >= 11 is 0. The van der Waals surface area contributed by atoms with Crippen LogP contribution in [0, 0.1) is 13.8 Å². The van der Waals surface area contributed by atoms with Crippen LogP contribution in [-0.2, 0) is 19.6 Å². The third kappa shape index (κ3) is 4.18. The fourth-order valence-corrected chi connectivity index (χ4v) is 3.38. The van der Waals surface area contributed by atoms with Crippen LogP contribution >= 0.6 is 0 Å². The largest absolute Gasteiger partial charge is 0.496 e. The number of carbonyl (C=O) groups is 2. The second kappa shape index (κ2) is 6.75. The van der Waals surface area contributed by atoms with E-state index in [4.69, 9.17) is 15.6 Å². The molecule has 1 aromatic carbocycles. The van der Waals surface area contributed by atoms with Gasteiger partial charge in [0, 0.05) is 0 Å². The van der Waals surface area contributed by atoms with Crippen molar-refractivity contribution in [3.63, 3.8) is 0 Å². The number of aryl methyl sites for hydroxylation is 2. The molecule has 0 unspecified atom stereocenters. The van der Waals surface area contributed by atoms with Crippen molar-refractivity contribution in [1.82, 2.24) is 4.72 Å². The van der Waals surface area contributed by atoms with Gasteiger partial charge in [-0.25, -0.2) is 8.42 Å². The Morgan fingerprint density at radius 3 is 2.18 bits per heavy atom. The van der Waals surface area contributed by atoms with Crippen molar-refractivity contribution in [3.05, 3.63) is 23.3 Å². The number of nitrogens with one attached hydrogen (secondary N) is 1. The number of sulfonamides is 1. The fraction of sp³-hybridized carbons (Fsp3) is 0.385. The van der Waals surface area contributed by atoms with Gasteiger partial charge in [-0.3, -0.25) is 9.59 Å². The Morgan fingerprint density at radius 1 is 1.32 bits per heavy atom. The normalized spacial score (nSPS) is 12.7. The number of carboxylic acids is 1. The van der Waals surface area contributed by atoms with E-state index in [-0.39, 0.29) is 4.90 Å². The van der Waals surface area contributed by atoms with Gasteiger partial charge in [-0.1, -0.05) is 0 Å². The second-order valence-corrected chi connectivity index (χ2v) is 6.49. The number of hydrogen-bond donors (Lipinski definition) is 3. The molecule has 122 valence electrons. The summed E-state index contributed by atoms with van der Waals surface area (Å²) in [7, 11) is -2.65. The molecule has 1 rings (SSSR count). The highest BCUT2D eigenvalue weighted by atomic mass is 32.2. The summed E-state index contributed by atoms with van der Waals surface area (Å²) in [4.78, 5) is 21.7. The molecule has 0 aliphatic carbocycles. The van der Waals surface area contributed by atoms with Crippen molar-refractivity contribution >= 4 is 21.9 Å². The monoisotopic (exact) mass is 330 g/mol. The third-order valence-corrected chi connectivity index (χ3v) is 4.40. The molecule has 0 aromatic heterocycles. The van der Waals surface area contributed by atoms with Crippen LogP contribution in [0.4, 0.5) is 0 Å². The van der Waals surface area contributed by atoms with Crippen LogP contribution in [0.3, 0.4) is 0 Å². The SMILES string of the molecule is COc1c(C)cc(S(=O)(=O)N[C@@H](CC(N)=O)C(=O)O)cc1C. The van der Waals surface area contributed by atoms with E-state index in [1.165, 1.54) is 19.2 Å². The molecule has 4 N–H and O–H groups in total. The molecule has 0 saturated carbocycles. The van der Waals surface area contributed by atoms with Gasteiger partial charge >= 0.3 is 5.97 Å². The van der Waals surface area contributed by atoms with E-state index in [2.05, 4.69) is 0 Å². The predicted octanol–water partition coefficient (Wildman–Crippen LogP) is -0.0811. The first-order chi connectivity index (χ1) is 10.1. The van der Waals surface area contributed by atoms with E-state index >= 15 is 0 Å². The third-order valence-electron chi connectivity index (χ3n) is 2.95. The summed E-state index contributed by atoms with van der Waals surface area (Å²) in [5.74, 6) is -1.85. The molecular weight excluding hydrogens is 312 g/mol. The van der Waals surface area contributed by atoms with Crippen LogP contribution in [0.2, 0.25) is 0 Å². The number of amides is 1. The highest BCUT2D eigenvalue weighted by Gasteiger charge is 2.27. The number of carbonyl (C=O) groups excluding carboxylic acids is 1. The summed E-state index contributed by atoms with van der Waals surface area (Å²) in [6.45, 7) is 3.34. The van der Waals surface area contributed by atoms with E-state index in [9.17, 15) is 18.0 Å². The van der Waals surface area contributed by atoms with Gasteiger partial charge in [-0.15, -0.1) is 0 Å². The van der Waals surface area contributed by atoms with Crippen LogP contribution in [0.15, 0.2) is 17.0 Å². The minimum Gasteiger partial charge on any atom is -0.496 e. The first-order valence-electron chi connectivity index (χ1n) is 6.27. The van der Waals surface area contributed by atoms with E-state index < -0.39 is 34.4 Å². The minimum absolute atomic E-state index is 0.112. The Hall–Kier alpha value is -2.13. The van der Waals surface area contributed by atoms with Crippen LogP contribution in [-0.4, -0.2) is 38.6 Å². The molecule has 0 saturated heterocycles. The fourth-order valence-electron chi connectivity index (χ4n) is 2.02. The van der Waals surface area contributed by atoms with Gasteiger partial charge < -0.3 is 15.6 Å². The van der Waals surface area contributed by atoms with Crippen molar-refractivity contribution in [2.24, 2.45) is 5.73 Å². The smallest absolute Gasteiger partial charge is 0.322 e. The minimum atomic E-state index is -4.11. The molecule has 8 nitrogen and oxygen atoms in total. The van der Waals surface area contributed by atoms with Crippen molar-refractivity contribution in [2.75, 3.05) is 7.11 Å². The molecule has 0 radical (unpaired) electrons. The quantitative estimate of drug-likeness (QED) is 0.639. The van der Waals surface area contributed by atoms with Gasteiger partial charge in [0.1, 0.15) is 11.8 Å². The molecule has 0 spiro atoms. The van der Waals surface area contributed by atoms with Crippen LogP contribution in [0.25, 0.3) is 0 Å². The molecule has 0 fully saturated rings. The Kier molecular flexibility index (Phi) is 5.50. The molecule has 0 aliphatic rings. The summed E-state index contributed by atoms with van der Waals surface area (Å²) in [5.41, 5.74) is 6.10. The van der Waals surface area contributed by atoms with Gasteiger partial charge in [0.2, 0.25) is 15.9 Å². The average Bonchev–Trinajstić information content (AvgIpc) is 2.36. The Morgan fingerprint density at radius 2 is 1.82 bits per heavy atom. The maximum Gasteiger partial charge on any atom is 0.322 e. The summed E-state index contributed by atoms with van der Waals surface area (Å²) in [5, 5.41) is 8.97. The molecule has 9 heteroatoms. The van der Waals surface area contributed by atoms with Crippen molar-refractivity contribution < 1.29 is 27.9 Å².